The molecule has 106 valence electrons. The van der Waals surface area contributed by atoms with E-state index in [1.54, 1.807) is 6.92 Å². The summed E-state index contributed by atoms with van der Waals surface area (Å²) < 4.78 is 65.4. The molecule has 0 radical (unpaired) electrons. The van der Waals surface area contributed by atoms with Crippen LogP contribution in [0.3, 0.4) is 0 Å². The number of carbonyl (C=O) groups is 1. The first-order valence-corrected chi connectivity index (χ1v) is 6.01. The second-order valence-electron chi connectivity index (χ2n) is 3.91. The molecule has 0 saturated heterocycles. The van der Waals surface area contributed by atoms with Crippen LogP contribution < -0.4 is 0 Å². The van der Waals surface area contributed by atoms with Gasteiger partial charge in [-0.05, 0) is 0 Å². The van der Waals surface area contributed by atoms with Crippen LogP contribution in [-0.2, 0) is 0 Å². The van der Waals surface area contributed by atoms with Crippen molar-refractivity contribution in [3.05, 3.63) is 34.6 Å². The quantitative estimate of drug-likeness (QED) is 0.356. The third-order valence-electron chi connectivity index (χ3n) is 2.30. The number of hydrogen-bond acceptors (Lipinski definition) is 1. The highest BCUT2D eigenvalue weighted by Gasteiger charge is 2.31. The molecule has 1 atom stereocenters. The zero-order valence-electron chi connectivity index (χ0n) is 9.91. The van der Waals surface area contributed by atoms with Crippen LogP contribution in [0.15, 0.2) is 0 Å². The first kappa shape index (κ1) is 15.9. The first-order chi connectivity index (χ1) is 8.68. The van der Waals surface area contributed by atoms with E-state index in [-0.39, 0.29) is 11.4 Å². The Morgan fingerprint density at radius 3 is 1.79 bits per heavy atom. The number of alkyl halides is 1. The summed E-state index contributed by atoms with van der Waals surface area (Å²) in [4.78, 5) is 12.4. The lowest BCUT2D eigenvalue weighted by Crippen LogP contribution is -2.33. The number of halogens is 6. The van der Waals surface area contributed by atoms with Gasteiger partial charge in [-0.25, -0.2) is 22.0 Å². The van der Waals surface area contributed by atoms with Gasteiger partial charge in [0.1, 0.15) is 5.56 Å². The average molecular weight is 346 g/mol. The van der Waals surface area contributed by atoms with Gasteiger partial charge in [0, 0.05) is 18.4 Å². The van der Waals surface area contributed by atoms with Crippen molar-refractivity contribution in [3.63, 3.8) is 0 Å². The van der Waals surface area contributed by atoms with Gasteiger partial charge >= 0.3 is 0 Å². The van der Waals surface area contributed by atoms with E-state index in [1.807, 2.05) is 0 Å². The second-order valence-corrected chi connectivity index (χ2v) is 5.47. The standard InChI is InChI=1S/C11H9BrF5NO/c1-4(12)3-18(2)11(19)5-6(13)8(15)10(17)9(16)7(5)14/h4H,3H2,1-2H3. The highest BCUT2D eigenvalue weighted by atomic mass is 79.9. The Labute approximate surface area is 114 Å². The van der Waals surface area contributed by atoms with Gasteiger partial charge in [0.2, 0.25) is 5.82 Å². The summed E-state index contributed by atoms with van der Waals surface area (Å²) >= 11 is 3.10. The highest BCUT2D eigenvalue weighted by molar-refractivity contribution is 9.09. The fourth-order valence-corrected chi connectivity index (χ4v) is 1.88. The molecular weight excluding hydrogens is 337 g/mol. The van der Waals surface area contributed by atoms with Crippen molar-refractivity contribution in [1.82, 2.24) is 4.90 Å². The Balaban J connectivity index is 3.32. The second kappa shape index (κ2) is 5.85. The molecule has 0 saturated carbocycles. The molecule has 0 N–H and O–H groups in total. The molecule has 8 heteroatoms. The number of carbonyl (C=O) groups excluding carboxylic acids is 1. The van der Waals surface area contributed by atoms with E-state index in [1.165, 1.54) is 7.05 Å². The molecule has 0 aliphatic rings. The maximum absolute atomic E-state index is 13.4. The van der Waals surface area contributed by atoms with Gasteiger partial charge in [0.05, 0.1) is 0 Å². The topological polar surface area (TPSA) is 20.3 Å². The van der Waals surface area contributed by atoms with E-state index >= 15 is 0 Å². The summed E-state index contributed by atoms with van der Waals surface area (Å²) in [6.45, 7) is 1.70. The van der Waals surface area contributed by atoms with Crippen LogP contribution in [0.25, 0.3) is 0 Å². The number of benzene rings is 1. The van der Waals surface area contributed by atoms with Gasteiger partial charge in [-0.3, -0.25) is 4.79 Å². The Hall–Kier alpha value is -1.18. The van der Waals surface area contributed by atoms with E-state index in [0.29, 0.717) is 0 Å². The minimum absolute atomic E-state index is 0.0400. The fraction of sp³-hybridized carbons (Fsp3) is 0.364. The van der Waals surface area contributed by atoms with Crippen molar-refractivity contribution in [1.29, 1.82) is 0 Å². The molecule has 0 spiro atoms. The molecule has 1 aromatic rings. The van der Waals surface area contributed by atoms with Gasteiger partial charge in [0.25, 0.3) is 5.91 Å². The molecule has 19 heavy (non-hydrogen) atoms. The molecule has 0 aliphatic heterocycles. The first-order valence-electron chi connectivity index (χ1n) is 5.09. The third-order valence-corrected chi connectivity index (χ3v) is 2.59. The van der Waals surface area contributed by atoms with E-state index in [9.17, 15) is 26.7 Å². The van der Waals surface area contributed by atoms with Crippen LogP contribution in [0.2, 0.25) is 0 Å². The lowest BCUT2D eigenvalue weighted by Gasteiger charge is -2.19. The van der Waals surface area contributed by atoms with Gasteiger partial charge in [-0.2, -0.15) is 0 Å². The Bertz CT molecular complexity index is 491. The number of nitrogens with zero attached hydrogens (tertiary/aromatic N) is 1. The van der Waals surface area contributed by atoms with Gasteiger partial charge in [-0.1, -0.05) is 22.9 Å². The van der Waals surface area contributed by atoms with Crippen molar-refractivity contribution in [2.24, 2.45) is 0 Å². The van der Waals surface area contributed by atoms with Crippen LogP contribution >= 0.6 is 15.9 Å². The largest absolute Gasteiger partial charge is 0.340 e. The summed E-state index contributed by atoms with van der Waals surface area (Å²) in [6.07, 6.45) is 0. The van der Waals surface area contributed by atoms with E-state index < -0.39 is 40.6 Å². The smallest absolute Gasteiger partial charge is 0.259 e. The zero-order valence-corrected chi connectivity index (χ0v) is 11.5. The molecule has 1 aromatic carbocycles. The SMILES string of the molecule is CC(Br)CN(C)C(=O)c1c(F)c(F)c(F)c(F)c1F. The normalized spacial score (nSPS) is 12.4. The van der Waals surface area contributed by atoms with Crippen LogP contribution in [0, 0.1) is 29.1 Å². The van der Waals surface area contributed by atoms with E-state index in [4.69, 9.17) is 0 Å². The van der Waals surface area contributed by atoms with Gasteiger partial charge in [0.15, 0.2) is 23.3 Å². The van der Waals surface area contributed by atoms with Crippen molar-refractivity contribution in [3.8, 4) is 0 Å². The fourth-order valence-electron chi connectivity index (χ4n) is 1.44. The molecule has 1 amide bonds. The predicted octanol–water partition coefficient (Wildman–Crippen LogP) is 3.24. The lowest BCUT2D eigenvalue weighted by atomic mass is 10.1. The van der Waals surface area contributed by atoms with E-state index in [2.05, 4.69) is 15.9 Å². The molecule has 0 aromatic heterocycles. The average Bonchev–Trinajstić information content (AvgIpc) is 2.33. The molecule has 0 fully saturated rings. The maximum atomic E-state index is 13.4. The molecule has 0 aliphatic carbocycles. The summed E-state index contributed by atoms with van der Waals surface area (Å²) in [5.74, 6) is -12.1. The maximum Gasteiger partial charge on any atom is 0.259 e. The van der Waals surface area contributed by atoms with E-state index in [0.717, 1.165) is 4.90 Å². The third kappa shape index (κ3) is 3.05. The molecule has 0 bridgehead atoms. The summed E-state index contributed by atoms with van der Waals surface area (Å²) in [7, 11) is 1.19. The van der Waals surface area contributed by atoms with Gasteiger partial charge in [-0.15, -0.1) is 0 Å². The number of rotatable bonds is 3. The summed E-state index contributed by atoms with van der Waals surface area (Å²) in [5, 5.41) is 0. The van der Waals surface area contributed by atoms with Crippen LogP contribution in [0.1, 0.15) is 17.3 Å². The lowest BCUT2D eigenvalue weighted by molar-refractivity contribution is 0.0784. The Morgan fingerprint density at radius 1 is 1.05 bits per heavy atom. The molecule has 2 nitrogen and oxygen atoms in total. The zero-order chi connectivity index (χ0) is 14.9. The predicted molar refractivity (Wildman–Crippen MR) is 61.6 cm³/mol. The highest BCUT2D eigenvalue weighted by Crippen LogP contribution is 2.24. The Kier molecular flexibility index (Phi) is 4.89. The number of hydrogen-bond donors (Lipinski definition) is 0. The van der Waals surface area contributed by atoms with Gasteiger partial charge < -0.3 is 4.90 Å². The molecular formula is C11H9BrF5NO. The van der Waals surface area contributed by atoms with Crippen molar-refractivity contribution in [2.45, 2.75) is 11.8 Å². The minimum Gasteiger partial charge on any atom is -0.340 e. The van der Waals surface area contributed by atoms with Crippen molar-refractivity contribution in [2.75, 3.05) is 13.6 Å². The molecule has 1 rings (SSSR count). The summed E-state index contributed by atoms with van der Waals surface area (Å²) in [6, 6.07) is 0. The van der Waals surface area contributed by atoms with Crippen molar-refractivity contribution >= 4 is 21.8 Å². The van der Waals surface area contributed by atoms with Crippen LogP contribution in [-0.4, -0.2) is 29.2 Å². The molecule has 0 heterocycles. The summed E-state index contributed by atoms with van der Waals surface area (Å²) in [5.41, 5.74) is -1.45. The van der Waals surface area contributed by atoms with Crippen LogP contribution in [0.5, 0.6) is 0 Å². The van der Waals surface area contributed by atoms with Crippen LogP contribution in [0.4, 0.5) is 22.0 Å². The monoisotopic (exact) mass is 345 g/mol. The Morgan fingerprint density at radius 2 is 1.42 bits per heavy atom. The minimum atomic E-state index is -2.29. The number of amides is 1. The molecule has 1 unspecified atom stereocenters. The van der Waals surface area contributed by atoms with Crippen molar-refractivity contribution < 1.29 is 26.7 Å².